The van der Waals surface area contributed by atoms with Gasteiger partial charge in [-0.25, -0.2) is 0 Å². The highest BCUT2D eigenvalue weighted by Crippen LogP contribution is 2.38. The van der Waals surface area contributed by atoms with E-state index in [9.17, 15) is 5.11 Å². The Balaban J connectivity index is 2.08. The molecular formula is C19H26N2O4. The Morgan fingerprint density at radius 2 is 1.92 bits per heavy atom. The standard InChI is InChI=1S/C19H26N2O4/c1-4-24-18-9-15-16(10-19(18)25-5-2)20-7-6-17(15)21-11-14(23-3)8-13(21)12-22/h6-7,9-10,13-14,22H,4-5,8,11-12H2,1-3H3/t13-,14-/m0/s1. The summed E-state index contributed by atoms with van der Waals surface area (Å²) in [4.78, 5) is 6.69. The van der Waals surface area contributed by atoms with Gasteiger partial charge in [-0.05, 0) is 32.4 Å². The molecular weight excluding hydrogens is 320 g/mol. The molecule has 0 amide bonds. The fraction of sp³-hybridized carbons (Fsp3) is 0.526. The highest BCUT2D eigenvalue weighted by atomic mass is 16.5. The largest absolute Gasteiger partial charge is 0.490 e. The van der Waals surface area contributed by atoms with Crippen LogP contribution in [0.5, 0.6) is 11.5 Å². The van der Waals surface area contributed by atoms with E-state index < -0.39 is 0 Å². The number of aliphatic hydroxyl groups excluding tert-OH is 1. The molecule has 0 spiro atoms. The van der Waals surface area contributed by atoms with E-state index in [0.29, 0.717) is 24.7 Å². The molecule has 25 heavy (non-hydrogen) atoms. The quantitative estimate of drug-likeness (QED) is 0.831. The van der Waals surface area contributed by atoms with Gasteiger partial charge >= 0.3 is 0 Å². The van der Waals surface area contributed by atoms with Crippen LogP contribution < -0.4 is 14.4 Å². The van der Waals surface area contributed by atoms with Gasteiger partial charge in [-0.1, -0.05) is 0 Å². The Kier molecular flexibility index (Phi) is 5.60. The Morgan fingerprint density at radius 1 is 1.20 bits per heavy atom. The van der Waals surface area contributed by atoms with Gasteiger partial charge in [-0.15, -0.1) is 0 Å². The Labute approximate surface area is 148 Å². The third-order valence-corrected chi connectivity index (χ3v) is 4.61. The van der Waals surface area contributed by atoms with E-state index in [4.69, 9.17) is 14.2 Å². The molecule has 1 aliphatic rings. The van der Waals surface area contributed by atoms with Gasteiger partial charge in [-0.2, -0.15) is 0 Å². The molecule has 1 saturated heterocycles. The summed E-state index contributed by atoms with van der Waals surface area (Å²) in [7, 11) is 1.72. The molecule has 1 aliphatic heterocycles. The summed E-state index contributed by atoms with van der Waals surface area (Å²) in [5.74, 6) is 1.42. The summed E-state index contributed by atoms with van der Waals surface area (Å²) >= 11 is 0. The van der Waals surface area contributed by atoms with E-state index in [1.54, 1.807) is 13.3 Å². The van der Waals surface area contributed by atoms with E-state index in [-0.39, 0.29) is 18.8 Å². The number of anilines is 1. The lowest BCUT2D eigenvalue weighted by molar-refractivity contribution is 0.115. The van der Waals surface area contributed by atoms with Gasteiger partial charge in [0.05, 0.1) is 37.5 Å². The molecule has 3 rings (SSSR count). The van der Waals surface area contributed by atoms with Crippen molar-refractivity contribution in [1.29, 1.82) is 0 Å². The minimum atomic E-state index is 0.0395. The molecule has 0 saturated carbocycles. The number of hydrogen-bond acceptors (Lipinski definition) is 6. The summed E-state index contributed by atoms with van der Waals surface area (Å²) in [6, 6.07) is 5.93. The van der Waals surface area contributed by atoms with Crippen molar-refractivity contribution < 1.29 is 19.3 Å². The van der Waals surface area contributed by atoms with E-state index in [1.807, 2.05) is 32.0 Å². The minimum Gasteiger partial charge on any atom is -0.490 e. The summed E-state index contributed by atoms with van der Waals surface area (Å²) in [6.45, 7) is 5.88. The Morgan fingerprint density at radius 3 is 2.56 bits per heavy atom. The van der Waals surface area contributed by atoms with Gasteiger partial charge in [-0.3, -0.25) is 4.98 Å². The highest BCUT2D eigenvalue weighted by molar-refractivity contribution is 5.94. The summed E-state index contributed by atoms with van der Waals surface area (Å²) in [5.41, 5.74) is 1.88. The number of nitrogens with zero attached hydrogens (tertiary/aromatic N) is 2. The van der Waals surface area contributed by atoms with Gasteiger partial charge in [0.15, 0.2) is 11.5 Å². The molecule has 0 bridgehead atoms. The number of pyridine rings is 1. The van der Waals surface area contributed by atoms with Crippen molar-refractivity contribution in [2.24, 2.45) is 0 Å². The van der Waals surface area contributed by atoms with E-state index >= 15 is 0 Å². The van der Waals surface area contributed by atoms with Crippen LogP contribution in [-0.2, 0) is 4.74 Å². The third-order valence-electron chi connectivity index (χ3n) is 4.61. The molecule has 0 aliphatic carbocycles. The first-order valence-electron chi connectivity index (χ1n) is 8.80. The Hall–Kier alpha value is -2.05. The number of benzene rings is 1. The van der Waals surface area contributed by atoms with Crippen LogP contribution in [0.25, 0.3) is 10.9 Å². The molecule has 0 radical (unpaired) electrons. The second-order valence-electron chi connectivity index (χ2n) is 6.09. The summed E-state index contributed by atoms with van der Waals surface area (Å²) in [5, 5.41) is 10.8. The molecule has 2 heterocycles. The zero-order valence-electron chi connectivity index (χ0n) is 15.1. The predicted octanol–water partition coefficient (Wildman–Crippen LogP) is 2.62. The molecule has 6 heteroatoms. The van der Waals surface area contributed by atoms with Crippen molar-refractivity contribution in [3.63, 3.8) is 0 Å². The van der Waals surface area contributed by atoms with Crippen LogP contribution in [0.4, 0.5) is 5.69 Å². The maximum absolute atomic E-state index is 9.78. The SMILES string of the molecule is CCOc1cc2nccc(N3C[C@@H](OC)C[C@H]3CO)c2cc1OCC. The number of methoxy groups -OCH3 is 1. The number of rotatable bonds is 7. The van der Waals surface area contributed by atoms with Gasteiger partial charge in [0.25, 0.3) is 0 Å². The molecule has 1 N–H and O–H groups in total. The molecule has 1 fully saturated rings. The lowest BCUT2D eigenvalue weighted by Crippen LogP contribution is -2.32. The number of ether oxygens (including phenoxy) is 3. The van der Waals surface area contributed by atoms with Gasteiger partial charge in [0.1, 0.15) is 0 Å². The normalized spacial score (nSPS) is 20.2. The molecule has 0 unspecified atom stereocenters. The lowest BCUT2D eigenvalue weighted by Gasteiger charge is -2.26. The van der Waals surface area contributed by atoms with Crippen LogP contribution in [0.15, 0.2) is 24.4 Å². The maximum Gasteiger partial charge on any atom is 0.163 e. The second kappa shape index (κ2) is 7.89. The van der Waals surface area contributed by atoms with E-state index in [1.165, 1.54) is 0 Å². The van der Waals surface area contributed by atoms with Crippen molar-refractivity contribution in [2.75, 3.05) is 38.4 Å². The first-order chi connectivity index (χ1) is 12.2. The fourth-order valence-electron chi connectivity index (χ4n) is 3.44. The second-order valence-corrected chi connectivity index (χ2v) is 6.09. The molecule has 2 atom stereocenters. The highest BCUT2D eigenvalue weighted by Gasteiger charge is 2.32. The fourth-order valence-corrected chi connectivity index (χ4v) is 3.44. The minimum absolute atomic E-state index is 0.0395. The number of hydrogen-bond donors (Lipinski definition) is 1. The van der Waals surface area contributed by atoms with Crippen molar-refractivity contribution >= 4 is 16.6 Å². The number of fused-ring (bicyclic) bond motifs is 1. The van der Waals surface area contributed by atoms with Crippen molar-refractivity contribution in [2.45, 2.75) is 32.4 Å². The topological polar surface area (TPSA) is 64.1 Å². The lowest BCUT2D eigenvalue weighted by atomic mass is 10.1. The summed E-state index contributed by atoms with van der Waals surface area (Å²) in [6.07, 6.45) is 2.73. The first-order valence-corrected chi connectivity index (χ1v) is 8.80. The van der Waals surface area contributed by atoms with Crippen LogP contribution in [0, 0.1) is 0 Å². The molecule has 1 aromatic heterocycles. The Bertz CT molecular complexity index is 722. The predicted molar refractivity (Wildman–Crippen MR) is 97.7 cm³/mol. The summed E-state index contributed by atoms with van der Waals surface area (Å²) < 4.78 is 17.0. The van der Waals surface area contributed by atoms with Crippen molar-refractivity contribution in [3.05, 3.63) is 24.4 Å². The monoisotopic (exact) mass is 346 g/mol. The van der Waals surface area contributed by atoms with Gasteiger partial charge < -0.3 is 24.2 Å². The van der Waals surface area contributed by atoms with Gasteiger partial charge in [0.2, 0.25) is 0 Å². The average molecular weight is 346 g/mol. The molecule has 2 aromatic rings. The number of aromatic nitrogens is 1. The van der Waals surface area contributed by atoms with Crippen LogP contribution in [0.3, 0.4) is 0 Å². The zero-order valence-corrected chi connectivity index (χ0v) is 15.1. The molecule has 1 aromatic carbocycles. The van der Waals surface area contributed by atoms with E-state index in [2.05, 4.69) is 9.88 Å². The van der Waals surface area contributed by atoms with Crippen LogP contribution in [0.1, 0.15) is 20.3 Å². The number of aliphatic hydroxyl groups is 1. The smallest absolute Gasteiger partial charge is 0.163 e. The van der Waals surface area contributed by atoms with Crippen molar-refractivity contribution in [1.82, 2.24) is 4.98 Å². The van der Waals surface area contributed by atoms with Crippen LogP contribution in [0.2, 0.25) is 0 Å². The van der Waals surface area contributed by atoms with Crippen molar-refractivity contribution in [3.8, 4) is 11.5 Å². The van der Waals surface area contributed by atoms with Gasteiger partial charge in [0, 0.05) is 37.0 Å². The molecule has 6 nitrogen and oxygen atoms in total. The van der Waals surface area contributed by atoms with Crippen LogP contribution >= 0.6 is 0 Å². The zero-order chi connectivity index (χ0) is 17.8. The molecule has 136 valence electrons. The average Bonchev–Trinajstić information content (AvgIpc) is 3.05. The van der Waals surface area contributed by atoms with E-state index in [0.717, 1.165) is 29.6 Å². The van der Waals surface area contributed by atoms with Crippen LogP contribution in [-0.4, -0.2) is 55.7 Å². The third kappa shape index (κ3) is 3.50. The first kappa shape index (κ1) is 17.8. The maximum atomic E-state index is 9.78.